The van der Waals surface area contributed by atoms with Gasteiger partial charge >= 0.3 is 0 Å². The first-order chi connectivity index (χ1) is 8.42. The van der Waals surface area contributed by atoms with Gasteiger partial charge in [-0.2, -0.15) is 0 Å². The van der Waals surface area contributed by atoms with Crippen molar-refractivity contribution in [1.82, 2.24) is 0 Å². The Morgan fingerprint density at radius 1 is 1.00 bits per heavy atom. The fourth-order valence-corrected chi connectivity index (χ4v) is 2.38. The van der Waals surface area contributed by atoms with Crippen molar-refractivity contribution in [3.8, 4) is 0 Å². The SMILES string of the molecule is C1=CC2OC=c3cc4ccccc4cc3=C2O1. The van der Waals surface area contributed by atoms with Crippen LogP contribution in [0.3, 0.4) is 0 Å². The third-order valence-electron chi connectivity index (χ3n) is 3.23. The summed E-state index contributed by atoms with van der Waals surface area (Å²) >= 11 is 0. The molecule has 1 atom stereocenters. The summed E-state index contributed by atoms with van der Waals surface area (Å²) in [7, 11) is 0. The summed E-state index contributed by atoms with van der Waals surface area (Å²) < 4.78 is 11.1. The van der Waals surface area contributed by atoms with Crippen LogP contribution in [0.1, 0.15) is 0 Å². The third kappa shape index (κ3) is 1.21. The van der Waals surface area contributed by atoms with Crippen LogP contribution in [-0.4, -0.2) is 6.10 Å². The van der Waals surface area contributed by atoms with Crippen LogP contribution in [0.5, 0.6) is 0 Å². The van der Waals surface area contributed by atoms with Gasteiger partial charge in [0.25, 0.3) is 0 Å². The molecule has 0 saturated carbocycles. The number of hydrogen-bond acceptors (Lipinski definition) is 2. The van der Waals surface area contributed by atoms with E-state index >= 15 is 0 Å². The highest BCUT2D eigenvalue weighted by atomic mass is 16.5. The molecule has 0 amide bonds. The van der Waals surface area contributed by atoms with Crippen molar-refractivity contribution in [1.29, 1.82) is 0 Å². The van der Waals surface area contributed by atoms with Crippen LogP contribution >= 0.6 is 0 Å². The predicted octanol–water partition coefficient (Wildman–Crippen LogP) is 1.63. The Balaban J connectivity index is 2.17. The van der Waals surface area contributed by atoms with Crippen molar-refractivity contribution in [2.45, 2.75) is 6.10 Å². The molecule has 0 spiro atoms. The van der Waals surface area contributed by atoms with Gasteiger partial charge in [0.05, 0.1) is 12.5 Å². The van der Waals surface area contributed by atoms with Gasteiger partial charge in [0, 0.05) is 10.4 Å². The first-order valence-corrected chi connectivity index (χ1v) is 5.64. The van der Waals surface area contributed by atoms with E-state index in [1.54, 1.807) is 6.26 Å². The van der Waals surface area contributed by atoms with Crippen molar-refractivity contribution in [3.63, 3.8) is 0 Å². The predicted molar refractivity (Wildman–Crippen MR) is 66.2 cm³/mol. The standard InChI is InChI=1S/C15H10O2/c1-2-4-11-8-13-12(7-10(11)3-1)9-17-14-5-6-16-15(13)14/h1-9,14H. The van der Waals surface area contributed by atoms with E-state index in [9.17, 15) is 0 Å². The van der Waals surface area contributed by atoms with Gasteiger partial charge in [-0.15, -0.1) is 0 Å². The van der Waals surface area contributed by atoms with Gasteiger partial charge in [-0.25, -0.2) is 0 Å². The number of fused-ring (bicyclic) bond motifs is 3. The highest BCUT2D eigenvalue weighted by molar-refractivity contribution is 5.83. The molecule has 2 nitrogen and oxygen atoms in total. The third-order valence-corrected chi connectivity index (χ3v) is 3.23. The monoisotopic (exact) mass is 222 g/mol. The molecule has 0 bridgehead atoms. The zero-order valence-electron chi connectivity index (χ0n) is 9.09. The van der Waals surface area contributed by atoms with Crippen LogP contribution in [0.2, 0.25) is 0 Å². The molecule has 0 aliphatic carbocycles. The minimum atomic E-state index is -0.0522. The van der Waals surface area contributed by atoms with Gasteiger partial charge < -0.3 is 9.47 Å². The molecule has 1 unspecified atom stereocenters. The van der Waals surface area contributed by atoms with Crippen LogP contribution in [0.25, 0.3) is 22.8 Å². The minimum absolute atomic E-state index is 0.0522. The summed E-state index contributed by atoms with van der Waals surface area (Å²) in [5, 5.41) is 4.66. The molecule has 0 aromatic heterocycles. The second-order valence-corrected chi connectivity index (χ2v) is 4.27. The lowest BCUT2D eigenvalue weighted by atomic mass is 10.1. The Kier molecular flexibility index (Phi) is 1.64. The van der Waals surface area contributed by atoms with Gasteiger partial charge in [-0.3, -0.25) is 0 Å². The normalized spacial score (nSPS) is 20.2. The number of rotatable bonds is 0. The molecule has 0 N–H and O–H groups in total. The molecule has 4 rings (SSSR count). The van der Waals surface area contributed by atoms with Crippen LogP contribution in [0.15, 0.2) is 48.7 Å². The van der Waals surface area contributed by atoms with E-state index < -0.39 is 0 Å². The van der Waals surface area contributed by atoms with Crippen molar-refractivity contribution in [3.05, 3.63) is 59.2 Å². The summed E-state index contributed by atoms with van der Waals surface area (Å²) in [6, 6.07) is 12.6. The van der Waals surface area contributed by atoms with Crippen molar-refractivity contribution in [2.24, 2.45) is 0 Å². The fraction of sp³-hybridized carbons (Fsp3) is 0.0667. The maximum Gasteiger partial charge on any atom is 0.177 e. The molecule has 2 heterocycles. The van der Waals surface area contributed by atoms with E-state index in [4.69, 9.17) is 9.47 Å². The highest BCUT2D eigenvalue weighted by Gasteiger charge is 2.22. The van der Waals surface area contributed by atoms with Gasteiger partial charge in [0.1, 0.15) is 0 Å². The Hall–Kier alpha value is -2.22. The summed E-state index contributed by atoms with van der Waals surface area (Å²) in [4.78, 5) is 0. The van der Waals surface area contributed by atoms with Gasteiger partial charge in [-0.05, 0) is 29.0 Å². The van der Waals surface area contributed by atoms with E-state index in [0.717, 1.165) is 16.2 Å². The van der Waals surface area contributed by atoms with Crippen molar-refractivity contribution >= 4 is 22.8 Å². The van der Waals surface area contributed by atoms with Crippen LogP contribution in [-0.2, 0) is 9.47 Å². The molecule has 0 fully saturated rings. The molecular formula is C15H10O2. The second kappa shape index (κ2) is 3.14. The maximum absolute atomic E-state index is 5.60. The molecule has 0 saturated heterocycles. The van der Waals surface area contributed by atoms with E-state index in [1.165, 1.54) is 10.8 Å². The largest absolute Gasteiger partial charge is 0.485 e. The van der Waals surface area contributed by atoms with E-state index in [2.05, 4.69) is 24.3 Å². The Morgan fingerprint density at radius 2 is 1.82 bits per heavy atom. The molecular weight excluding hydrogens is 212 g/mol. The zero-order chi connectivity index (χ0) is 11.2. The average molecular weight is 222 g/mol. The summed E-state index contributed by atoms with van der Waals surface area (Å²) in [5.74, 6) is 0.897. The van der Waals surface area contributed by atoms with E-state index in [1.807, 2.05) is 24.5 Å². The molecule has 82 valence electrons. The van der Waals surface area contributed by atoms with Gasteiger partial charge in [0.2, 0.25) is 0 Å². The van der Waals surface area contributed by atoms with Crippen molar-refractivity contribution < 1.29 is 9.47 Å². The van der Waals surface area contributed by atoms with Crippen LogP contribution in [0.4, 0.5) is 0 Å². The van der Waals surface area contributed by atoms with E-state index in [-0.39, 0.29) is 6.10 Å². The molecule has 2 aliphatic rings. The molecule has 2 aromatic carbocycles. The topological polar surface area (TPSA) is 18.5 Å². The number of ether oxygens (including phenoxy) is 2. The highest BCUT2D eigenvalue weighted by Crippen LogP contribution is 2.20. The van der Waals surface area contributed by atoms with Gasteiger partial charge in [0.15, 0.2) is 11.9 Å². The quantitative estimate of drug-likeness (QED) is 0.674. The molecule has 0 radical (unpaired) electrons. The second-order valence-electron chi connectivity index (χ2n) is 4.27. The summed E-state index contributed by atoms with van der Waals surface area (Å²) in [5.41, 5.74) is 0. The maximum atomic E-state index is 5.60. The minimum Gasteiger partial charge on any atom is -0.485 e. The Labute approximate surface area is 98.1 Å². The number of benzene rings is 2. The van der Waals surface area contributed by atoms with Gasteiger partial charge in [-0.1, -0.05) is 24.3 Å². The lowest BCUT2D eigenvalue weighted by Crippen LogP contribution is -2.34. The fourth-order valence-electron chi connectivity index (χ4n) is 2.38. The molecule has 2 heteroatoms. The molecule has 17 heavy (non-hydrogen) atoms. The number of hydrogen-bond donors (Lipinski definition) is 0. The Bertz CT molecular complexity index is 756. The molecule has 2 aliphatic heterocycles. The zero-order valence-corrected chi connectivity index (χ0v) is 9.09. The summed E-state index contributed by atoms with van der Waals surface area (Å²) in [6.07, 6.45) is 5.38. The van der Waals surface area contributed by atoms with E-state index in [0.29, 0.717) is 0 Å². The lowest BCUT2D eigenvalue weighted by molar-refractivity contribution is 0.249. The van der Waals surface area contributed by atoms with Crippen molar-refractivity contribution in [2.75, 3.05) is 0 Å². The Morgan fingerprint density at radius 3 is 2.71 bits per heavy atom. The first kappa shape index (κ1) is 8.88. The van der Waals surface area contributed by atoms with Crippen LogP contribution < -0.4 is 10.4 Å². The summed E-state index contributed by atoms with van der Waals surface area (Å²) in [6.45, 7) is 0. The lowest BCUT2D eigenvalue weighted by Gasteiger charge is -2.14. The molecule has 2 aromatic rings. The average Bonchev–Trinajstić information content (AvgIpc) is 2.85. The first-order valence-electron chi connectivity index (χ1n) is 5.64. The van der Waals surface area contributed by atoms with Crippen LogP contribution in [0, 0.1) is 0 Å². The smallest absolute Gasteiger partial charge is 0.177 e.